The third kappa shape index (κ3) is 4.94. The maximum atomic E-state index is 13.9. The van der Waals surface area contributed by atoms with Crippen molar-refractivity contribution in [3.8, 4) is 0 Å². The van der Waals surface area contributed by atoms with Gasteiger partial charge in [0.1, 0.15) is 11.9 Å². The van der Waals surface area contributed by atoms with E-state index in [0.717, 1.165) is 17.1 Å². The van der Waals surface area contributed by atoms with E-state index in [1.165, 1.54) is 12.0 Å². The van der Waals surface area contributed by atoms with Crippen LogP contribution < -0.4 is 9.80 Å². The van der Waals surface area contributed by atoms with Crippen LogP contribution in [0.2, 0.25) is 0 Å². The molecule has 3 aromatic carbocycles. The zero-order valence-electron chi connectivity index (χ0n) is 19.6. The van der Waals surface area contributed by atoms with Gasteiger partial charge in [-0.2, -0.15) is 0 Å². The topological polar surface area (TPSA) is 76.2 Å². The number of halogens is 1. The van der Waals surface area contributed by atoms with Crippen molar-refractivity contribution in [2.24, 2.45) is 0 Å². The van der Waals surface area contributed by atoms with Gasteiger partial charge >= 0.3 is 11.9 Å². The Balaban J connectivity index is 2.02. The summed E-state index contributed by atoms with van der Waals surface area (Å²) in [6.45, 7) is 0. The van der Waals surface area contributed by atoms with E-state index in [0.29, 0.717) is 11.4 Å². The van der Waals surface area contributed by atoms with Gasteiger partial charge in [-0.3, -0.25) is 9.69 Å². The Morgan fingerprint density at radius 3 is 1.92 bits per heavy atom. The van der Waals surface area contributed by atoms with Crippen LogP contribution in [0.3, 0.4) is 0 Å². The van der Waals surface area contributed by atoms with Crippen molar-refractivity contribution in [3.63, 3.8) is 0 Å². The van der Waals surface area contributed by atoms with Crippen molar-refractivity contribution in [1.82, 2.24) is 0 Å². The van der Waals surface area contributed by atoms with Gasteiger partial charge in [-0.05, 0) is 48.0 Å². The molecule has 0 saturated carbocycles. The number of carbonyl (C=O) groups excluding carboxylic acids is 3. The van der Waals surface area contributed by atoms with E-state index in [1.807, 2.05) is 42.5 Å². The molecule has 0 N–H and O–H groups in total. The molecule has 0 aliphatic carbocycles. The molecular weight excluding hydrogens is 524 g/mol. The molecule has 1 amide bonds. The molecule has 8 heteroatoms. The van der Waals surface area contributed by atoms with Crippen LogP contribution >= 0.6 is 15.9 Å². The fourth-order valence-corrected chi connectivity index (χ4v) is 4.23. The lowest BCUT2D eigenvalue weighted by atomic mass is 10.0. The van der Waals surface area contributed by atoms with Gasteiger partial charge in [0, 0.05) is 15.8 Å². The summed E-state index contributed by atoms with van der Waals surface area (Å²) >= 11 is 3.42. The van der Waals surface area contributed by atoms with E-state index in [1.54, 1.807) is 59.5 Å². The highest BCUT2D eigenvalue weighted by molar-refractivity contribution is 9.10. The Kier molecular flexibility index (Phi) is 7.65. The van der Waals surface area contributed by atoms with Crippen LogP contribution in [0, 0.1) is 0 Å². The average Bonchev–Trinajstić information content (AvgIpc) is 2.92. The van der Waals surface area contributed by atoms with Crippen molar-refractivity contribution in [2.45, 2.75) is 6.17 Å². The molecule has 0 spiro atoms. The maximum Gasteiger partial charge on any atom is 0.355 e. The Hall–Kier alpha value is -4.17. The van der Waals surface area contributed by atoms with E-state index in [4.69, 9.17) is 9.47 Å². The van der Waals surface area contributed by atoms with Crippen molar-refractivity contribution < 1.29 is 23.9 Å². The number of ether oxygens (including phenoxy) is 2. The first kappa shape index (κ1) is 24.9. The normalized spacial score (nSPS) is 15.9. The van der Waals surface area contributed by atoms with Gasteiger partial charge in [0.25, 0.3) is 5.91 Å². The molecule has 0 saturated heterocycles. The number of para-hydroxylation sites is 1. The lowest BCUT2D eigenvalue weighted by Crippen LogP contribution is -2.57. The number of amides is 1. The lowest BCUT2D eigenvalue weighted by molar-refractivity contribution is -0.141. The van der Waals surface area contributed by atoms with Crippen molar-refractivity contribution in [3.05, 3.63) is 112 Å². The largest absolute Gasteiger partial charge is 0.465 e. The summed E-state index contributed by atoms with van der Waals surface area (Å²) in [6.07, 6.45) is 2.85. The van der Waals surface area contributed by atoms with E-state index in [9.17, 15) is 14.4 Å². The molecule has 0 bridgehead atoms. The van der Waals surface area contributed by atoms with Gasteiger partial charge in [-0.25, -0.2) is 9.59 Å². The molecule has 1 unspecified atom stereocenters. The number of hydrogen-bond donors (Lipinski definition) is 0. The highest BCUT2D eigenvalue weighted by Crippen LogP contribution is 2.36. The van der Waals surface area contributed by atoms with Crippen molar-refractivity contribution >= 4 is 51.2 Å². The minimum Gasteiger partial charge on any atom is -0.465 e. The first-order valence-electron chi connectivity index (χ1n) is 11.0. The van der Waals surface area contributed by atoms with Gasteiger partial charge in [0.05, 0.1) is 14.2 Å². The third-order valence-corrected chi connectivity index (χ3v) is 6.14. The molecule has 0 fully saturated rings. The quantitative estimate of drug-likeness (QED) is 0.322. The second-order valence-corrected chi connectivity index (χ2v) is 8.66. The molecule has 1 aliphatic heterocycles. The molecule has 4 rings (SSSR count). The fourth-order valence-electron chi connectivity index (χ4n) is 3.97. The number of anilines is 2. The van der Waals surface area contributed by atoms with Crippen LogP contribution in [0.15, 0.2) is 107 Å². The molecular formula is C28H23BrN2O5. The summed E-state index contributed by atoms with van der Waals surface area (Å²) in [4.78, 5) is 43.0. The Morgan fingerprint density at radius 2 is 1.33 bits per heavy atom. The number of esters is 2. The maximum absolute atomic E-state index is 13.9. The summed E-state index contributed by atoms with van der Waals surface area (Å²) in [5, 5.41) is 0. The van der Waals surface area contributed by atoms with Crippen LogP contribution in [0.1, 0.15) is 5.56 Å². The smallest absolute Gasteiger partial charge is 0.355 e. The van der Waals surface area contributed by atoms with Gasteiger partial charge in [-0.1, -0.05) is 70.5 Å². The number of rotatable bonds is 6. The molecule has 7 nitrogen and oxygen atoms in total. The average molecular weight is 547 g/mol. The predicted molar refractivity (Wildman–Crippen MR) is 141 cm³/mol. The monoisotopic (exact) mass is 546 g/mol. The SMILES string of the molecule is COC(=O)C1=C(C(=O)OC)N(c2ccccc2)C(/C=C/c2ccccc2)N(c2ccc(Br)cc2)C1=O. The second-order valence-electron chi connectivity index (χ2n) is 7.75. The third-order valence-electron chi connectivity index (χ3n) is 5.61. The standard InChI is InChI=1S/C28H23BrN2O5/c1-35-27(33)24-25(28(34)36-2)30(21-11-7-4-8-12-21)23(18-13-19-9-5-3-6-10-19)31(26(24)32)22-16-14-20(29)15-17-22/h3-18,23H,1-2H3/b18-13+. The number of nitrogens with zero attached hydrogens (tertiary/aromatic N) is 2. The molecule has 1 aliphatic rings. The minimum absolute atomic E-state index is 0.198. The first-order chi connectivity index (χ1) is 17.5. The van der Waals surface area contributed by atoms with Gasteiger partial charge in [0.2, 0.25) is 0 Å². The molecule has 1 atom stereocenters. The van der Waals surface area contributed by atoms with E-state index in [2.05, 4.69) is 15.9 Å². The number of methoxy groups -OCH3 is 2. The number of hydrogen-bond acceptors (Lipinski definition) is 6. The van der Waals surface area contributed by atoms with E-state index < -0.39 is 29.6 Å². The Bertz CT molecular complexity index is 1320. The predicted octanol–water partition coefficient (Wildman–Crippen LogP) is 4.94. The molecule has 36 heavy (non-hydrogen) atoms. The summed E-state index contributed by atoms with van der Waals surface area (Å²) in [6, 6.07) is 25.7. The highest BCUT2D eigenvalue weighted by Gasteiger charge is 2.46. The van der Waals surface area contributed by atoms with Gasteiger partial charge in [0.15, 0.2) is 5.57 Å². The van der Waals surface area contributed by atoms with Gasteiger partial charge in [-0.15, -0.1) is 0 Å². The van der Waals surface area contributed by atoms with Crippen molar-refractivity contribution in [1.29, 1.82) is 0 Å². The zero-order valence-corrected chi connectivity index (χ0v) is 21.2. The van der Waals surface area contributed by atoms with Crippen LogP contribution in [0.25, 0.3) is 6.08 Å². The molecule has 182 valence electrons. The second kappa shape index (κ2) is 11.0. The van der Waals surface area contributed by atoms with Crippen LogP contribution in [0.4, 0.5) is 11.4 Å². The zero-order chi connectivity index (χ0) is 25.7. The highest BCUT2D eigenvalue weighted by atomic mass is 79.9. The first-order valence-corrected chi connectivity index (χ1v) is 11.8. The van der Waals surface area contributed by atoms with Crippen LogP contribution in [-0.4, -0.2) is 38.2 Å². The fraction of sp³-hybridized carbons (Fsp3) is 0.107. The summed E-state index contributed by atoms with van der Waals surface area (Å²) < 4.78 is 10.8. The Morgan fingerprint density at radius 1 is 0.778 bits per heavy atom. The molecule has 0 aromatic heterocycles. The summed E-state index contributed by atoms with van der Waals surface area (Å²) in [5.74, 6) is -2.45. The van der Waals surface area contributed by atoms with E-state index >= 15 is 0 Å². The summed E-state index contributed by atoms with van der Waals surface area (Å²) in [7, 11) is 2.36. The van der Waals surface area contributed by atoms with Crippen molar-refractivity contribution in [2.75, 3.05) is 24.0 Å². The van der Waals surface area contributed by atoms with Crippen LogP contribution in [0.5, 0.6) is 0 Å². The minimum atomic E-state index is -0.936. The molecule has 1 heterocycles. The lowest BCUT2D eigenvalue weighted by Gasteiger charge is -2.44. The van der Waals surface area contributed by atoms with Crippen LogP contribution in [-0.2, 0) is 23.9 Å². The number of benzene rings is 3. The summed E-state index contributed by atoms with van der Waals surface area (Å²) in [5.41, 5.74) is 1.39. The van der Waals surface area contributed by atoms with E-state index in [-0.39, 0.29) is 5.70 Å². The number of carbonyl (C=O) groups is 3. The Labute approximate surface area is 217 Å². The van der Waals surface area contributed by atoms with Gasteiger partial charge < -0.3 is 14.4 Å². The molecule has 0 radical (unpaired) electrons. The molecule has 3 aromatic rings.